The van der Waals surface area contributed by atoms with Crippen LogP contribution in [-0.2, 0) is 4.74 Å². The quantitative estimate of drug-likeness (QED) is 0.695. The Morgan fingerprint density at radius 3 is 2.53 bits per heavy atom. The molecule has 0 amide bonds. The molecular formula is C11H15NO3. The molecule has 15 heavy (non-hydrogen) atoms. The smallest absolute Gasteiger partial charge is 0.196 e. The van der Waals surface area contributed by atoms with Crippen molar-refractivity contribution in [2.45, 2.75) is 26.1 Å². The molecule has 0 aromatic carbocycles. The molecule has 0 unspecified atom stereocenters. The molecule has 2 rings (SSSR count). The van der Waals surface area contributed by atoms with Crippen LogP contribution in [0.25, 0.3) is 0 Å². The van der Waals surface area contributed by atoms with E-state index < -0.39 is 0 Å². The molecule has 2 atom stereocenters. The zero-order chi connectivity index (χ0) is 10.8. The third kappa shape index (κ3) is 2.21. The SMILES string of the molecule is C[C@H]1CN(c2ccc(C=O)o2)C[C@H](C)O1. The van der Waals surface area contributed by atoms with Crippen molar-refractivity contribution in [3.63, 3.8) is 0 Å². The van der Waals surface area contributed by atoms with Crippen molar-refractivity contribution in [2.24, 2.45) is 0 Å². The zero-order valence-corrected chi connectivity index (χ0v) is 8.97. The van der Waals surface area contributed by atoms with Gasteiger partial charge in [0, 0.05) is 19.2 Å². The van der Waals surface area contributed by atoms with Gasteiger partial charge in [-0.1, -0.05) is 0 Å². The van der Waals surface area contributed by atoms with Crippen molar-refractivity contribution in [3.8, 4) is 0 Å². The molecule has 0 saturated carbocycles. The van der Waals surface area contributed by atoms with Crippen molar-refractivity contribution < 1.29 is 13.9 Å². The monoisotopic (exact) mass is 209 g/mol. The topological polar surface area (TPSA) is 42.7 Å². The Morgan fingerprint density at radius 1 is 1.33 bits per heavy atom. The van der Waals surface area contributed by atoms with Gasteiger partial charge in [0.25, 0.3) is 0 Å². The maximum Gasteiger partial charge on any atom is 0.196 e. The molecule has 1 aromatic rings. The van der Waals surface area contributed by atoms with Crippen molar-refractivity contribution >= 4 is 12.2 Å². The van der Waals surface area contributed by atoms with Crippen LogP contribution in [0.1, 0.15) is 24.4 Å². The van der Waals surface area contributed by atoms with Gasteiger partial charge in [0.2, 0.25) is 0 Å². The highest BCUT2D eigenvalue weighted by Gasteiger charge is 2.24. The number of aldehydes is 1. The molecular weight excluding hydrogens is 194 g/mol. The number of hydrogen-bond donors (Lipinski definition) is 0. The molecule has 82 valence electrons. The summed E-state index contributed by atoms with van der Waals surface area (Å²) in [4.78, 5) is 12.6. The maximum atomic E-state index is 10.5. The largest absolute Gasteiger partial charge is 0.438 e. The first-order chi connectivity index (χ1) is 7.19. The van der Waals surface area contributed by atoms with Crippen molar-refractivity contribution in [1.29, 1.82) is 0 Å². The third-order valence-corrected chi connectivity index (χ3v) is 2.46. The van der Waals surface area contributed by atoms with Gasteiger partial charge >= 0.3 is 0 Å². The van der Waals surface area contributed by atoms with E-state index in [0.29, 0.717) is 5.76 Å². The molecule has 4 heteroatoms. The second-order valence-electron chi connectivity index (χ2n) is 3.96. The number of ether oxygens (including phenoxy) is 1. The van der Waals surface area contributed by atoms with Crippen LogP contribution in [0.15, 0.2) is 16.5 Å². The van der Waals surface area contributed by atoms with E-state index in [1.807, 2.05) is 19.9 Å². The van der Waals surface area contributed by atoms with Crippen LogP contribution in [0.4, 0.5) is 5.88 Å². The summed E-state index contributed by atoms with van der Waals surface area (Å²) in [5.41, 5.74) is 0. The Hall–Kier alpha value is -1.29. The molecule has 4 nitrogen and oxygen atoms in total. The predicted molar refractivity (Wildman–Crippen MR) is 56.3 cm³/mol. The Kier molecular flexibility index (Phi) is 2.77. The summed E-state index contributed by atoms with van der Waals surface area (Å²) in [6, 6.07) is 3.52. The molecule has 0 radical (unpaired) electrons. The lowest BCUT2D eigenvalue weighted by Crippen LogP contribution is -2.45. The molecule has 1 aliphatic heterocycles. The second-order valence-corrected chi connectivity index (χ2v) is 3.96. The van der Waals surface area contributed by atoms with Gasteiger partial charge in [-0.2, -0.15) is 0 Å². The summed E-state index contributed by atoms with van der Waals surface area (Å²) in [6.45, 7) is 5.67. The Morgan fingerprint density at radius 2 is 2.00 bits per heavy atom. The average molecular weight is 209 g/mol. The Labute approximate surface area is 88.8 Å². The van der Waals surface area contributed by atoms with Gasteiger partial charge in [0.05, 0.1) is 12.2 Å². The summed E-state index contributed by atoms with van der Waals surface area (Å²) >= 11 is 0. The minimum atomic E-state index is 0.193. The van der Waals surface area contributed by atoms with Crippen LogP contribution in [0.3, 0.4) is 0 Å². The first-order valence-corrected chi connectivity index (χ1v) is 5.14. The second kappa shape index (κ2) is 4.06. The average Bonchev–Trinajstić information content (AvgIpc) is 2.64. The first kappa shape index (κ1) is 10.2. The van der Waals surface area contributed by atoms with Gasteiger partial charge < -0.3 is 14.1 Å². The first-order valence-electron chi connectivity index (χ1n) is 5.14. The summed E-state index contributed by atoms with van der Waals surface area (Å²) in [6.07, 6.45) is 1.11. The highest BCUT2D eigenvalue weighted by Crippen LogP contribution is 2.22. The van der Waals surface area contributed by atoms with Gasteiger partial charge in [-0.3, -0.25) is 4.79 Å². The van der Waals surface area contributed by atoms with E-state index >= 15 is 0 Å². The van der Waals surface area contributed by atoms with E-state index in [0.717, 1.165) is 25.3 Å². The van der Waals surface area contributed by atoms with Crippen LogP contribution in [0.2, 0.25) is 0 Å². The van der Waals surface area contributed by atoms with Gasteiger partial charge in [-0.05, 0) is 19.9 Å². The van der Waals surface area contributed by atoms with Crippen LogP contribution in [0, 0.1) is 0 Å². The number of carbonyl (C=O) groups is 1. The lowest BCUT2D eigenvalue weighted by molar-refractivity contribution is -0.00641. The van der Waals surface area contributed by atoms with E-state index in [1.165, 1.54) is 0 Å². The van der Waals surface area contributed by atoms with E-state index in [4.69, 9.17) is 9.15 Å². The molecule has 0 spiro atoms. The number of carbonyl (C=O) groups excluding carboxylic acids is 1. The molecule has 2 heterocycles. The van der Waals surface area contributed by atoms with Crippen molar-refractivity contribution in [1.82, 2.24) is 0 Å². The molecule has 0 bridgehead atoms. The fraction of sp³-hybridized carbons (Fsp3) is 0.545. The molecule has 1 aliphatic rings. The lowest BCUT2D eigenvalue weighted by Gasteiger charge is -2.35. The summed E-state index contributed by atoms with van der Waals surface area (Å²) in [5, 5.41) is 0. The normalized spacial score (nSPS) is 26.7. The maximum absolute atomic E-state index is 10.5. The highest BCUT2D eigenvalue weighted by atomic mass is 16.5. The standard InChI is InChI=1S/C11H15NO3/c1-8-5-12(6-9(2)14-8)11-4-3-10(7-13)15-11/h3-4,7-9H,5-6H2,1-2H3/t8-,9-/m0/s1. The predicted octanol–water partition coefficient (Wildman–Crippen LogP) is 1.71. The van der Waals surface area contributed by atoms with Crippen molar-refractivity contribution in [3.05, 3.63) is 17.9 Å². The molecule has 1 fully saturated rings. The van der Waals surface area contributed by atoms with E-state index in [1.54, 1.807) is 6.07 Å². The summed E-state index contributed by atoms with van der Waals surface area (Å²) < 4.78 is 11.0. The Bertz CT molecular complexity index is 337. The van der Waals surface area contributed by atoms with Crippen LogP contribution >= 0.6 is 0 Å². The number of nitrogens with zero attached hydrogens (tertiary/aromatic N) is 1. The van der Waals surface area contributed by atoms with Crippen LogP contribution in [-0.4, -0.2) is 31.6 Å². The van der Waals surface area contributed by atoms with E-state index in [9.17, 15) is 4.79 Å². The van der Waals surface area contributed by atoms with Gasteiger partial charge in [-0.15, -0.1) is 0 Å². The molecule has 0 aliphatic carbocycles. The number of anilines is 1. The number of rotatable bonds is 2. The summed E-state index contributed by atoms with van der Waals surface area (Å²) in [7, 11) is 0. The van der Waals surface area contributed by atoms with E-state index in [2.05, 4.69) is 4.90 Å². The molecule has 1 saturated heterocycles. The van der Waals surface area contributed by atoms with Gasteiger partial charge in [-0.25, -0.2) is 0 Å². The minimum Gasteiger partial charge on any atom is -0.438 e. The highest BCUT2D eigenvalue weighted by molar-refractivity contribution is 5.71. The molecule has 0 N–H and O–H groups in total. The van der Waals surface area contributed by atoms with Gasteiger partial charge in [0.15, 0.2) is 17.9 Å². The number of furan rings is 1. The Balaban J connectivity index is 2.12. The van der Waals surface area contributed by atoms with Crippen LogP contribution in [0.5, 0.6) is 0 Å². The molecule has 1 aromatic heterocycles. The van der Waals surface area contributed by atoms with Crippen LogP contribution < -0.4 is 4.90 Å². The minimum absolute atomic E-state index is 0.193. The number of hydrogen-bond acceptors (Lipinski definition) is 4. The summed E-state index contributed by atoms with van der Waals surface area (Å²) in [5.74, 6) is 1.12. The van der Waals surface area contributed by atoms with Crippen molar-refractivity contribution in [2.75, 3.05) is 18.0 Å². The van der Waals surface area contributed by atoms with Gasteiger partial charge in [0.1, 0.15) is 0 Å². The fourth-order valence-corrected chi connectivity index (χ4v) is 1.93. The third-order valence-electron chi connectivity index (χ3n) is 2.46. The number of morpholine rings is 1. The van der Waals surface area contributed by atoms with E-state index in [-0.39, 0.29) is 12.2 Å². The lowest BCUT2D eigenvalue weighted by atomic mass is 10.2. The zero-order valence-electron chi connectivity index (χ0n) is 8.97. The fourth-order valence-electron chi connectivity index (χ4n) is 1.93.